The van der Waals surface area contributed by atoms with Crippen LogP contribution in [0.5, 0.6) is 0 Å². The van der Waals surface area contributed by atoms with E-state index in [0.717, 1.165) is 0 Å². The summed E-state index contributed by atoms with van der Waals surface area (Å²) < 4.78 is 38.9. The van der Waals surface area contributed by atoms with Gasteiger partial charge in [-0.3, -0.25) is 14.1 Å². The first-order valence-corrected chi connectivity index (χ1v) is 10.4. The lowest BCUT2D eigenvalue weighted by atomic mass is 10.1. The van der Waals surface area contributed by atoms with Crippen molar-refractivity contribution in [3.05, 3.63) is 65.6 Å². The van der Waals surface area contributed by atoms with Crippen molar-refractivity contribution in [3.8, 4) is 0 Å². The highest BCUT2D eigenvalue weighted by molar-refractivity contribution is 7.93. The lowest BCUT2D eigenvalue weighted by molar-refractivity contribution is 0.102. The standard InChI is InChI=1S/C20H18FN3O3S/c1-13-11-18(17-8-3-14(21)12-19(17)22-13)20(25)23-15-4-6-16(7-5-15)24-9-2-10-28(24,26)27/h3-8,11-12H,2,9-10H2,1H3,(H,23,25). The Hall–Kier alpha value is -3.00. The van der Waals surface area contributed by atoms with Gasteiger partial charge < -0.3 is 5.32 Å². The maximum Gasteiger partial charge on any atom is 0.256 e. The number of nitrogens with one attached hydrogen (secondary N) is 1. The first-order chi connectivity index (χ1) is 13.3. The van der Waals surface area contributed by atoms with E-state index in [9.17, 15) is 17.6 Å². The van der Waals surface area contributed by atoms with Crippen LogP contribution in [-0.2, 0) is 10.0 Å². The van der Waals surface area contributed by atoms with E-state index in [1.54, 1.807) is 37.3 Å². The van der Waals surface area contributed by atoms with Crippen molar-refractivity contribution in [2.75, 3.05) is 21.9 Å². The van der Waals surface area contributed by atoms with Gasteiger partial charge in [-0.15, -0.1) is 0 Å². The molecule has 0 atom stereocenters. The summed E-state index contributed by atoms with van der Waals surface area (Å²) in [5.74, 6) is -0.603. The van der Waals surface area contributed by atoms with E-state index in [-0.39, 0.29) is 11.7 Å². The van der Waals surface area contributed by atoms with Crippen molar-refractivity contribution in [1.82, 2.24) is 4.98 Å². The fourth-order valence-corrected chi connectivity index (χ4v) is 4.93. The quantitative estimate of drug-likeness (QED) is 0.731. The lowest BCUT2D eigenvalue weighted by Gasteiger charge is -2.17. The SMILES string of the molecule is Cc1cc(C(=O)Nc2ccc(N3CCCS3(=O)=O)cc2)c2ccc(F)cc2n1. The molecular formula is C20H18FN3O3S. The third kappa shape index (κ3) is 3.43. The van der Waals surface area contributed by atoms with E-state index in [1.165, 1.54) is 22.5 Å². The Labute approximate surface area is 162 Å². The summed E-state index contributed by atoms with van der Waals surface area (Å²) >= 11 is 0. The number of pyridine rings is 1. The van der Waals surface area contributed by atoms with Crippen LogP contribution >= 0.6 is 0 Å². The van der Waals surface area contributed by atoms with E-state index < -0.39 is 15.8 Å². The fraction of sp³-hybridized carbons (Fsp3) is 0.200. The van der Waals surface area contributed by atoms with E-state index in [2.05, 4.69) is 10.3 Å². The van der Waals surface area contributed by atoms with E-state index >= 15 is 0 Å². The molecule has 8 heteroatoms. The van der Waals surface area contributed by atoms with Gasteiger partial charge in [0, 0.05) is 29.4 Å². The molecule has 1 saturated heterocycles. The van der Waals surface area contributed by atoms with E-state index in [0.29, 0.717) is 46.5 Å². The number of anilines is 2. The molecule has 28 heavy (non-hydrogen) atoms. The zero-order valence-electron chi connectivity index (χ0n) is 15.1. The smallest absolute Gasteiger partial charge is 0.256 e. The Bertz CT molecular complexity index is 1170. The van der Waals surface area contributed by atoms with Gasteiger partial charge in [0.05, 0.1) is 22.5 Å². The number of carbonyl (C=O) groups is 1. The Morgan fingerprint density at radius 3 is 2.57 bits per heavy atom. The highest BCUT2D eigenvalue weighted by atomic mass is 32.2. The summed E-state index contributed by atoms with van der Waals surface area (Å²) in [6, 6.07) is 12.4. The van der Waals surface area contributed by atoms with Gasteiger partial charge >= 0.3 is 0 Å². The number of nitrogens with zero attached hydrogens (tertiary/aromatic N) is 2. The second-order valence-electron chi connectivity index (χ2n) is 6.72. The maximum atomic E-state index is 13.5. The Morgan fingerprint density at radius 2 is 1.89 bits per heavy atom. The summed E-state index contributed by atoms with van der Waals surface area (Å²) in [4.78, 5) is 17.0. The minimum Gasteiger partial charge on any atom is -0.322 e. The highest BCUT2D eigenvalue weighted by Gasteiger charge is 2.28. The number of aryl methyl sites for hydroxylation is 1. The predicted molar refractivity (Wildman–Crippen MR) is 107 cm³/mol. The van der Waals surface area contributed by atoms with Gasteiger partial charge in [-0.25, -0.2) is 12.8 Å². The van der Waals surface area contributed by atoms with Crippen molar-refractivity contribution >= 4 is 38.2 Å². The number of carbonyl (C=O) groups excluding carboxylic acids is 1. The summed E-state index contributed by atoms with van der Waals surface area (Å²) in [7, 11) is -3.24. The zero-order chi connectivity index (χ0) is 19.9. The second kappa shape index (κ2) is 6.87. The molecule has 1 aliphatic heterocycles. The minimum absolute atomic E-state index is 0.153. The van der Waals surface area contributed by atoms with Crippen LogP contribution in [0.1, 0.15) is 22.5 Å². The molecule has 2 aromatic carbocycles. The fourth-order valence-electron chi connectivity index (χ4n) is 3.36. The average Bonchev–Trinajstić information content (AvgIpc) is 3.00. The summed E-state index contributed by atoms with van der Waals surface area (Å²) in [5.41, 5.74) is 2.54. The third-order valence-electron chi connectivity index (χ3n) is 4.66. The number of amides is 1. The predicted octanol–water partition coefficient (Wildman–Crippen LogP) is 3.47. The third-order valence-corrected chi connectivity index (χ3v) is 6.53. The highest BCUT2D eigenvalue weighted by Crippen LogP contribution is 2.26. The summed E-state index contributed by atoms with van der Waals surface area (Å²) in [6.45, 7) is 2.21. The second-order valence-corrected chi connectivity index (χ2v) is 8.73. The zero-order valence-corrected chi connectivity index (χ0v) is 16.0. The molecular weight excluding hydrogens is 381 g/mol. The van der Waals surface area contributed by atoms with Crippen molar-refractivity contribution in [3.63, 3.8) is 0 Å². The molecule has 0 unspecified atom stereocenters. The lowest BCUT2D eigenvalue weighted by Crippen LogP contribution is -2.25. The summed E-state index contributed by atoms with van der Waals surface area (Å²) in [5, 5.41) is 3.36. The molecule has 2 heterocycles. The Morgan fingerprint density at radius 1 is 1.14 bits per heavy atom. The monoisotopic (exact) mass is 399 g/mol. The van der Waals surface area contributed by atoms with Crippen LogP contribution in [0.15, 0.2) is 48.5 Å². The number of benzene rings is 2. The van der Waals surface area contributed by atoms with Gasteiger partial charge in [0.25, 0.3) is 5.91 Å². The average molecular weight is 399 g/mol. The Kier molecular flexibility index (Phi) is 4.50. The van der Waals surface area contributed by atoms with Crippen LogP contribution in [-0.4, -0.2) is 31.6 Å². The molecule has 1 amide bonds. The van der Waals surface area contributed by atoms with Gasteiger partial charge in [-0.05, 0) is 55.8 Å². The van der Waals surface area contributed by atoms with Gasteiger partial charge in [0.15, 0.2) is 0 Å². The molecule has 1 fully saturated rings. The number of sulfonamides is 1. The molecule has 144 valence electrons. The van der Waals surface area contributed by atoms with E-state index in [4.69, 9.17) is 0 Å². The largest absolute Gasteiger partial charge is 0.322 e. The Balaban J connectivity index is 1.60. The minimum atomic E-state index is -3.24. The molecule has 0 spiro atoms. The molecule has 3 aromatic rings. The molecule has 1 aliphatic rings. The molecule has 4 rings (SSSR count). The molecule has 6 nitrogen and oxygen atoms in total. The van der Waals surface area contributed by atoms with Crippen LogP contribution in [0.25, 0.3) is 10.9 Å². The number of aromatic nitrogens is 1. The molecule has 1 aromatic heterocycles. The topological polar surface area (TPSA) is 79.4 Å². The van der Waals surface area contributed by atoms with Crippen molar-refractivity contribution in [2.24, 2.45) is 0 Å². The first-order valence-electron chi connectivity index (χ1n) is 8.82. The van der Waals surface area contributed by atoms with Crippen LogP contribution < -0.4 is 9.62 Å². The van der Waals surface area contributed by atoms with Crippen LogP contribution in [0, 0.1) is 12.7 Å². The molecule has 1 N–H and O–H groups in total. The van der Waals surface area contributed by atoms with Crippen molar-refractivity contribution in [2.45, 2.75) is 13.3 Å². The van der Waals surface area contributed by atoms with Crippen LogP contribution in [0.4, 0.5) is 15.8 Å². The normalized spacial score (nSPS) is 15.7. The number of halogens is 1. The van der Waals surface area contributed by atoms with Gasteiger partial charge in [0.2, 0.25) is 10.0 Å². The van der Waals surface area contributed by atoms with Crippen LogP contribution in [0.3, 0.4) is 0 Å². The van der Waals surface area contributed by atoms with Gasteiger partial charge in [-0.1, -0.05) is 0 Å². The van der Waals surface area contributed by atoms with Gasteiger partial charge in [0.1, 0.15) is 5.82 Å². The van der Waals surface area contributed by atoms with Crippen molar-refractivity contribution in [1.29, 1.82) is 0 Å². The van der Waals surface area contributed by atoms with Crippen molar-refractivity contribution < 1.29 is 17.6 Å². The van der Waals surface area contributed by atoms with E-state index in [1.807, 2.05) is 0 Å². The number of hydrogen-bond donors (Lipinski definition) is 1. The number of fused-ring (bicyclic) bond motifs is 1. The van der Waals surface area contributed by atoms with Crippen LogP contribution in [0.2, 0.25) is 0 Å². The molecule has 0 radical (unpaired) electrons. The molecule has 0 bridgehead atoms. The number of hydrogen-bond acceptors (Lipinski definition) is 4. The van der Waals surface area contributed by atoms with Gasteiger partial charge in [-0.2, -0.15) is 0 Å². The molecule has 0 saturated carbocycles. The molecule has 0 aliphatic carbocycles. The summed E-state index contributed by atoms with van der Waals surface area (Å²) in [6.07, 6.45) is 0.607. The maximum absolute atomic E-state index is 13.5. The first kappa shape index (κ1) is 18.4. The number of rotatable bonds is 3.